The molecule has 3 rings (SSSR count). The van der Waals surface area contributed by atoms with Crippen molar-refractivity contribution >= 4 is 23.5 Å². The van der Waals surface area contributed by atoms with Gasteiger partial charge >= 0.3 is 5.97 Å². The van der Waals surface area contributed by atoms with Gasteiger partial charge in [-0.05, 0) is 36.8 Å². The van der Waals surface area contributed by atoms with Crippen LogP contribution in [0.5, 0.6) is 5.75 Å². The number of nitriles is 1. The first kappa shape index (κ1) is 23.9. The maximum atomic E-state index is 12.9. The Hall–Kier alpha value is -3.76. The molecule has 1 aliphatic heterocycles. The van der Waals surface area contributed by atoms with Gasteiger partial charge in [-0.3, -0.25) is 4.79 Å². The summed E-state index contributed by atoms with van der Waals surface area (Å²) in [5.41, 5.74) is 2.66. The lowest BCUT2D eigenvalue weighted by atomic mass is 9.82. The molecular weight excluding hydrogens is 436 g/mol. The van der Waals surface area contributed by atoms with Gasteiger partial charge in [-0.2, -0.15) is 5.26 Å². The van der Waals surface area contributed by atoms with E-state index in [1.165, 1.54) is 17.8 Å². The fourth-order valence-electron chi connectivity index (χ4n) is 3.49. The average Bonchev–Trinajstić information content (AvgIpc) is 2.85. The molecule has 0 fully saturated rings. The number of nitrogens with zero attached hydrogens (tertiary/aromatic N) is 1. The molecule has 0 bridgehead atoms. The van der Waals surface area contributed by atoms with Gasteiger partial charge in [-0.25, -0.2) is 4.79 Å². The molecule has 0 amide bonds. The molecule has 0 aromatic heterocycles. The highest BCUT2D eigenvalue weighted by atomic mass is 32.2. The van der Waals surface area contributed by atoms with E-state index in [1.807, 2.05) is 30.3 Å². The average molecular weight is 461 g/mol. The van der Waals surface area contributed by atoms with Crippen molar-refractivity contribution in [2.75, 3.05) is 19.5 Å². The molecule has 168 valence electrons. The largest absolute Gasteiger partial charge is 0.497 e. The number of esters is 1. The zero-order valence-electron chi connectivity index (χ0n) is 18.5. The normalized spacial score (nSPS) is 15.4. The zero-order chi connectivity index (χ0) is 23.8. The number of ketones is 1. The van der Waals surface area contributed by atoms with Crippen molar-refractivity contribution in [2.24, 2.45) is 0 Å². The van der Waals surface area contributed by atoms with Crippen LogP contribution in [0.3, 0.4) is 0 Å². The number of carbonyl (C=O) groups is 2. The van der Waals surface area contributed by atoms with E-state index in [0.29, 0.717) is 33.2 Å². The summed E-state index contributed by atoms with van der Waals surface area (Å²) >= 11 is 1.24. The van der Waals surface area contributed by atoms with Gasteiger partial charge in [0, 0.05) is 11.3 Å². The van der Waals surface area contributed by atoms with E-state index >= 15 is 0 Å². The smallest absolute Gasteiger partial charge is 0.337 e. The molecule has 0 saturated heterocycles. The van der Waals surface area contributed by atoms with E-state index in [9.17, 15) is 14.9 Å². The number of Topliss-reactive ketones (excluding diaryl/α,β-unsaturated/α-hetero) is 1. The summed E-state index contributed by atoms with van der Waals surface area (Å²) in [5.74, 6) is -0.397. The molecule has 2 aromatic carbocycles. The Labute approximate surface area is 197 Å². The second kappa shape index (κ2) is 11.2. The maximum absolute atomic E-state index is 12.9. The lowest BCUT2D eigenvalue weighted by Crippen LogP contribution is -2.29. The highest BCUT2D eigenvalue weighted by Crippen LogP contribution is 2.41. The molecule has 1 aliphatic rings. The predicted octanol–water partition coefficient (Wildman–Crippen LogP) is 4.74. The van der Waals surface area contributed by atoms with Gasteiger partial charge < -0.3 is 14.8 Å². The first-order valence-electron chi connectivity index (χ1n) is 10.2. The summed E-state index contributed by atoms with van der Waals surface area (Å²) in [6.07, 6.45) is 1.49. The molecule has 0 spiro atoms. The molecule has 0 aliphatic carbocycles. The highest BCUT2D eigenvalue weighted by Gasteiger charge is 2.35. The Bertz CT molecular complexity index is 1150. The number of thioether (sulfide) groups is 1. The fourth-order valence-corrected chi connectivity index (χ4v) is 4.47. The maximum Gasteiger partial charge on any atom is 0.337 e. The van der Waals surface area contributed by atoms with Crippen LogP contribution in [0.25, 0.3) is 0 Å². The lowest BCUT2D eigenvalue weighted by Gasteiger charge is -2.29. The lowest BCUT2D eigenvalue weighted by molar-refractivity contribution is -0.138. The van der Waals surface area contributed by atoms with Crippen LogP contribution in [0.15, 0.2) is 89.1 Å². The molecule has 0 saturated carbocycles. The van der Waals surface area contributed by atoms with E-state index in [-0.39, 0.29) is 18.1 Å². The quantitative estimate of drug-likeness (QED) is 0.329. The third-order valence-electron chi connectivity index (χ3n) is 5.09. The molecule has 0 radical (unpaired) electrons. The third kappa shape index (κ3) is 5.54. The third-order valence-corrected chi connectivity index (χ3v) is 6.11. The minimum absolute atomic E-state index is 0.0701. The van der Waals surface area contributed by atoms with E-state index in [4.69, 9.17) is 9.47 Å². The number of rotatable bonds is 9. The molecule has 1 N–H and O–H groups in total. The monoisotopic (exact) mass is 460 g/mol. The van der Waals surface area contributed by atoms with Gasteiger partial charge in [0.25, 0.3) is 0 Å². The molecule has 2 aromatic rings. The molecule has 7 heteroatoms. The number of carbonyl (C=O) groups excluding carboxylic acids is 2. The fraction of sp³-hybridized carbons (Fsp3) is 0.192. The van der Waals surface area contributed by atoms with Crippen LogP contribution >= 0.6 is 11.8 Å². The van der Waals surface area contributed by atoms with Crippen LogP contribution in [0.1, 0.15) is 28.8 Å². The second-order valence-corrected chi connectivity index (χ2v) is 8.18. The first-order valence-corrected chi connectivity index (χ1v) is 11.2. The molecular formula is C26H24N2O4S. The molecule has 1 atom stereocenters. The van der Waals surface area contributed by atoms with Gasteiger partial charge in [0.05, 0.1) is 41.0 Å². The van der Waals surface area contributed by atoms with Crippen molar-refractivity contribution in [2.45, 2.75) is 12.8 Å². The number of nitrogens with one attached hydrogen (secondary N) is 1. The van der Waals surface area contributed by atoms with Crippen molar-refractivity contribution in [3.8, 4) is 11.8 Å². The van der Waals surface area contributed by atoms with E-state index in [1.54, 1.807) is 38.3 Å². The van der Waals surface area contributed by atoms with Crippen LogP contribution in [0.2, 0.25) is 0 Å². The molecule has 33 heavy (non-hydrogen) atoms. The number of dihydropyridines is 1. The minimum atomic E-state index is -0.603. The summed E-state index contributed by atoms with van der Waals surface area (Å²) in [6, 6.07) is 18.4. The van der Waals surface area contributed by atoms with Gasteiger partial charge in [0.15, 0.2) is 5.78 Å². The number of allylic oxidation sites excluding steroid dienone is 2. The Morgan fingerprint density at radius 2 is 1.88 bits per heavy atom. The van der Waals surface area contributed by atoms with Crippen LogP contribution < -0.4 is 10.1 Å². The number of ether oxygens (including phenoxy) is 2. The van der Waals surface area contributed by atoms with Crippen molar-refractivity contribution in [3.63, 3.8) is 0 Å². The summed E-state index contributed by atoms with van der Waals surface area (Å²) in [7, 11) is 1.57. The number of methoxy groups -OCH3 is 1. The van der Waals surface area contributed by atoms with Crippen molar-refractivity contribution in [1.29, 1.82) is 5.26 Å². The number of benzene rings is 2. The Kier molecular flexibility index (Phi) is 8.11. The van der Waals surface area contributed by atoms with Gasteiger partial charge in [-0.1, -0.05) is 54.7 Å². The molecule has 6 nitrogen and oxygen atoms in total. The van der Waals surface area contributed by atoms with Crippen LogP contribution in [0.4, 0.5) is 0 Å². The standard InChI is InChI=1S/C26H24N2O4S/c1-4-14-32-26(30)23-17(2)28-25(21(15-27)24(23)19-8-6-5-7-9-19)33-16-22(29)18-10-12-20(31-3)13-11-18/h4-13,24,28H,1,14,16H2,2-3H3/t24-/m1/s1. The van der Waals surface area contributed by atoms with Crippen LogP contribution in [-0.2, 0) is 9.53 Å². The van der Waals surface area contributed by atoms with E-state index in [0.717, 1.165) is 5.56 Å². The summed E-state index contributed by atoms with van der Waals surface area (Å²) < 4.78 is 10.4. The van der Waals surface area contributed by atoms with Gasteiger partial charge in [-0.15, -0.1) is 0 Å². The zero-order valence-corrected chi connectivity index (χ0v) is 19.3. The van der Waals surface area contributed by atoms with Crippen LogP contribution in [0, 0.1) is 11.3 Å². The highest BCUT2D eigenvalue weighted by molar-refractivity contribution is 8.03. The number of hydrogen-bond acceptors (Lipinski definition) is 7. The van der Waals surface area contributed by atoms with Gasteiger partial charge in [0.1, 0.15) is 12.4 Å². The first-order chi connectivity index (χ1) is 16.0. The molecule has 1 heterocycles. The van der Waals surface area contributed by atoms with Crippen molar-refractivity contribution in [1.82, 2.24) is 5.32 Å². The predicted molar refractivity (Wildman–Crippen MR) is 129 cm³/mol. The topological polar surface area (TPSA) is 88.4 Å². The number of hydrogen-bond donors (Lipinski definition) is 1. The summed E-state index contributed by atoms with van der Waals surface area (Å²) in [5, 5.41) is 13.7. The summed E-state index contributed by atoms with van der Waals surface area (Å²) in [6.45, 7) is 5.41. The Balaban J connectivity index is 1.91. The minimum Gasteiger partial charge on any atom is -0.497 e. The van der Waals surface area contributed by atoms with E-state index in [2.05, 4.69) is 18.0 Å². The SMILES string of the molecule is C=CCOC(=O)C1=C(C)NC(SCC(=O)c2ccc(OC)cc2)=C(C#N)[C@H]1c1ccccc1. The Morgan fingerprint density at radius 1 is 1.18 bits per heavy atom. The molecule has 0 unspecified atom stereocenters. The Morgan fingerprint density at radius 3 is 2.48 bits per heavy atom. The van der Waals surface area contributed by atoms with Crippen molar-refractivity contribution in [3.05, 3.63) is 100 Å². The second-order valence-electron chi connectivity index (χ2n) is 7.19. The van der Waals surface area contributed by atoms with Gasteiger partial charge in [0.2, 0.25) is 0 Å². The summed E-state index contributed by atoms with van der Waals surface area (Å²) in [4.78, 5) is 25.6. The van der Waals surface area contributed by atoms with Crippen molar-refractivity contribution < 1.29 is 19.1 Å². The van der Waals surface area contributed by atoms with Crippen LogP contribution in [-0.4, -0.2) is 31.2 Å². The van der Waals surface area contributed by atoms with E-state index < -0.39 is 11.9 Å².